The van der Waals surface area contributed by atoms with Crippen molar-refractivity contribution in [3.63, 3.8) is 0 Å². The molecule has 0 amide bonds. The molecule has 1 aliphatic heterocycles. The molecule has 25 heavy (non-hydrogen) atoms. The van der Waals surface area contributed by atoms with Crippen LogP contribution in [0.2, 0.25) is 0 Å². The van der Waals surface area contributed by atoms with Gasteiger partial charge in [-0.25, -0.2) is 4.39 Å². The lowest BCUT2D eigenvalue weighted by Crippen LogP contribution is -2.35. The summed E-state index contributed by atoms with van der Waals surface area (Å²) in [5.41, 5.74) is 2.56. The second-order valence-electron chi connectivity index (χ2n) is 6.89. The summed E-state index contributed by atoms with van der Waals surface area (Å²) in [7, 11) is 0. The predicted molar refractivity (Wildman–Crippen MR) is 98.1 cm³/mol. The molecule has 2 N–H and O–H groups in total. The van der Waals surface area contributed by atoms with E-state index in [1.54, 1.807) is 12.1 Å². The van der Waals surface area contributed by atoms with Crippen LogP contribution < -0.4 is 0 Å². The highest BCUT2D eigenvalue weighted by atomic mass is 19.1. The molecule has 2 aromatic carbocycles. The average Bonchev–Trinajstić information content (AvgIpc) is 2.64. The molecule has 0 bridgehead atoms. The molecule has 0 unspecified atom stereocenters. The molecule has 0 aromatic heterocycles. The van der Waals surface area contributed by atoms with Crippen molar-refractivity contribution < 1.29 is 14.6 Å². The zero-order chi connectivity index (χ0) is 17.6. The minimum atomic E-state index is -0.271. The Morgan fingerprint density at radius 2 is 1.76 bits per heavy atom. The van der Waals surface area contributed by atoms with Gasteiger partial charge in [-0.2, -0.15) is 0 Å². The van der Waals surface area contributed by atoms with E-state index in [9.17, 15) is 9.50 Å². The van der Waals surface area contributed by atoms with Crippen molar-refractivity contribution in [3.05, 3.63) is 53.8 Å². The molecule has 0 saturated carbocycles. The summed E-state index contributed by atoms with van der Waals surface area (Å²) in [6, 6.07) is 12.1. The first-order valence-corrected chi connectivity index (χ1v) is 9.07. The van der Waals surface area contributed by atoms with E-state index < -0.39 is 0 Å². The number of benzene rings is 2. The van der Waals surface area contributed by atoms with Gasteiger partial charge in [-0.05, 0) is 68.0 Å². The van der Waals surface area contributed by atoms with Gasteiger partial charge in [0.05, 0.1) is 0 Å². The number of piperidine rings is 1. The standard InChI is InChI=1S/C21H26FNO2/c22-19-7-5-17(6-8-19)20-4-1-3-18(21(20)25)15-16-9-12-23(13-10-16)11-2-14-24/h1,3-8,16,24-25H,2,9-15H2. The molecule has 4 heteroatoms. The van der Waals surface area contributed by atoms with E-state index in [0.717, 1.165) is 62.0 Å². The lowest BCUT2D eigenvalue weighted by atomic mass is 9.88. The summed E-state index contributed by atoms with van der Waals surface area (Å²) in [6.45, 7) is 3.34. The van der Waals surface area contributed by atoms with Crippen molar-refractivity contribution in [3.8, 4) is 16.9 Å². The third kappa shape index (κ3) is 4.59. The van der Waals surface area contributed by atoms with Gasteiger partial charge < -0.3 is 15.1 Å². The Bertz CT molecular complexity index is 679. The van der Waals surface area contributed by atoms with E-state index in [1.807, 2.05) is 18.2 Å². The number of rotatable bonds is 6. The third-order valence-electron chi connectivity index (χ3n) is 5.12. The fourth-order valence-electron chi connectivity index (χ4n) is 3.64. The predicted octanol–water partition coefficient (Wildman–Crippen LogP) is 3.84. The fourth-order valence-corrected chi connectivity index (χ4v) is 3.64. The second-order valence-corrected chi connectivity index (χ2v) is 6.89. The van der Waals surface area contributed by atoms with Crippen LogP contribution in [0, 0.1) is 11.7 Å². The van der Waals surface area contributed by atoms with Crippen LogP contribution in [0.25, 0.3) is 11.1 Å². The highest BCUT2D eigenvalue weighted by Gasteiger charge is 2.21. The minimum absolute atomic E-state index is 0.254. The van der Waals surface area contributed by atoms with Crippen molar-refractivity contribution in [2.45, 2.75) is 25.7 Å². The Morgan fingerprint density at radius 1 is 1.04 bits per heavy atom. The number of hydrogen-bond acceptors (Lipinski definition) is 3. The molecular formula is C21H26FNO2. The summed E-state index contributed by atoms with van der Waals surface area (Å²) in [5, 5.41) is 19.6. The van der Waals surface area contributed by atoms with Crippen molar-refractivity contribution in [2.75, 3.05) is 26.2 Å². The molecule has 3 rings (SSSR count). The number of aromatic hydroxyl groups is 1. The molecule has 1 aliphatic rings. The summed E-state index contributed by atoms with van der Waals surface area (Å²) >= 11 is 0. The molecule has 1 fully saturated rings. The van der Waals surface area contributed by atoms with Crippen LogP contribution in [0.4, 0.5) is 4.39 Å². The lowest BCUT2D eigenvalue weighted by molar-refractivity contribution is 0.167. The molecule has 0 atom stereocenters. The van der Waals surface area contributed by atoms with Crippen LogP contribution in [0.3, 0.4) is 0 Å². The minimum Gasteiger partial charge on any atom is -0.507 e. The third-order valence-corrected chi connectivity index (χ3v) is 5.12. The van der Waals surface area contributed by atoms with E-state index in [4.69, 9.17) is 5.11 Å². The highest BCUT2D eigenvalue weighted by molar-refractivity contribution is 5.71. The molecule has 0 spiro atoms. The summed E-state index contributed by atoms with van der Waals surface area (Å²) in [4.78, 5) is 2.40. The van der Waals surface area contributed by atoms with Crippen LogP contribution in [0.15, 0.2) is 42.5 Å². The van der Waals surface area contributed by atoms with Crippen LogP contribution in [0.5, 0.6) is 5.75 Å². The van der Waals surface area contributed by atoms with Gasteiger partial charge in [-0.1, -0.05) is 30.3 Å². The smallest absolute Gasteiger partial charge is 0.126 e. The molecule has 2 aromatic rings. The summed E-state index contributed by atoms with van der Waals surface area (Å²) < 4.78 is 13.1. The number of para-hydroxylation sites is 1. The number of phenols is 1. The van der Waals surface area contributed by atoms with Crippen molar-refractivity contribution in [1.82, 2.24) is 4.90 Å². The normalized spacial score (nSPS) is 16.2. The Balaban J connectivity index is 1.66. The number of phenolic OH excluding ortho intramolecular Hbond substituents is 1. The van der Waals surface area contributed by atoms with Gasteiger partial charge in [0.2, 0.25) is 0 Å². The number of likely N-dealkylation sites (tertiary alicyclic amines) is 1. The number of aliphatic hydroxyl groups excluding tert-OH is 1. The Kier molecular flexibility index (Phi) is 6.05. The number of aliphatic hydroxyl groups is 1. The number of halogens is 1. The molecule has 134 valence electrons. The molecule has 0 aliphatic carbocycles. The van der Waals surface area contributed by atoms with E-state index in [-0.39, 0.29) is 12.4 Å². The SMILES string of the molecule is OCCCN1CCC(Cc2cccc(-c3ccc(F)cc3)c2O)CC1. The van der Waals surface area contributed by atoms with Crippen LogP contribution in [-0.2, 0) is 6.42 Å². The van der Waals surface area contributed by atoms with Crippen molar-refractivity contribution in [1.29, 1.82) is 0 Å². The van der Waals surface area contributed by atoms with Gasteiger partial charge in [0, 0.05) is 18.7 Å². The van der Waals surface area contributed by atoms with Crippen LogP contribution in [0.1, 0.15) is 24.8 Å². The van der Waals surface area contributed by atoms with E-state index in [0.29, 0.717) is 11.7 Å². The van der Waals surface area contributed by atoms with Gasteiger partial charge in [-0.15, -0.1) is 0 Å². The molecule has 1 heterocycles. The topological polar surface area (TPSA) is 43.7 Å². The maximum Gasteiger partial charge on any atom is 0.126 e. The Labute approximate surface area is 148 Å². The van der Waals surface area contributed by atoms with E-state index in [1.165, 1.54) is 12.1 Å². The molecule has 0 radical (unpaired) electrons. The van der Waals surface area contributed by atoms with Crippen molar-refractivity contribution in [2.24, 2.45) is 5.92 Å². The highest BCUT2D eigenvalue weighted by Crippen LogP contribution is 2.34. The first-order chi connectivity index (χ1) is 12.2. The van der Waals surface area contributed by atoms with Crippen LogP contribution in [-0.4, -0.2) is 41.4 Å². The van der Waals surface area contributed by atoms with Gasteiger partial charge in [0.1, 0.15) is 11.6 Å². The fraction of sp³-hybridized carbons (Fsp3) is 0.429. The maximum atomic E-state index is 13.1. The molecule has 3 nitrogen and oxygen atoms in total. The maximum absolute atomic E-state index is 13.1. The Hall–Kier alpha value is -1.91. The van der Waals surface area contributed by atoms with Crippen molar-refractivity contribution >= 4 is 0 Å². The Morgan fingerprint density at radius 3 is 2.44 bits per heavy atom. The summed E-state index contributed by atoms with van der Waals surface area (Å²) in [5.74, 6) is 0.615. The molecule has 1 saturated heterocycles. The lowest BCUT2D eigenvalue weighted by Gasteiger charge is -2.32. The van der Waals surface area contributed by atoms with Gasteiger partial charge in [-0.3, -0.25) is 0 Å². The quantitative estimate of drug-likeness (QED) is 0.838. The monoisotopic (exact) mass is 343 g/mol. The van der Waals surface area contributed by atoms with E-state index in [2.05, 4.69) is 4.90 Å². The molecular weight excluding hydrogens is 317 g/mol. The van der Waals surface area contributed by atoms with Gasteiger partial charge >= 0.3 is 0 Å². The second kappa shape index (κ2) is 8.45. The summed E-state index contributed by atoms with van der Waals surface area (Å²) in [6.07, 6.45) is 3.94. The van der Waals surface area contributed by atoms with Gasteiger partial charge in [0.15, 0.2) is 0 Å². The van der Waals surface area contributed by atoms with Gasteiger partial charge in [0.25, 0.3) is 0 Å². The van der Waals surface area contributed by atoms with Crippen LogP contribution >= 0.6 is 0 Å². The zero-order valence-corrected chi connectivity index (χ0v) is 14.5. The average molecular weight is 343 g/mol. The largest absolute Gasteiger partial charge is 0.507 e. The first kappa shape index (κ1) is 17.9. The first-order valence-electron chi connectivity index (χ1n) is 9.07. The number of nitrogens with zero attached hydrogens (tertiary/aromatic N) is 1. The number of hydrogen-bond donors (Lipinski definition) is 2. The zero-order valence-electron chi connectivity index (χ0n) is 14.5. The van der Waals surface area contributed by atoms with E-state index >= 15 is 0 Å².